The Balaban J connectivity index is 0.000001000. The Bertz CT molecular complexity index is 129. The van der Waals surface area contributed by atoms with Gasteiger partial charge in [0.25, 0.3) is 0 Å². The molecule has 1 amide bonds. The predicted molar refractivity (Wildman–Crippen MR) is 45.8 cm³/mol. The highest BCUT2D eigenvalue weighted by Gasteiger charge is 2.13. The Morgan fingerprint density at radius 3 is 2.91 bits per heavy atom. The van der Waals surface area contributed by atoms with E-state index < -0.39 is 0 Å². The number of hydrogen-bond donors (Lipinski definition) is 2. The van der Waals surface area contributed by atoms with Crippen LogP contribution in [0.2, 0.25) is 0 Å². The highest BCUT2D eigenvalue weighted by atomic mass is 35.5. The fourth-order valence-electron chi connectivity index (χ4n) is 1.06. The van der Waals surface area contributed by atoms with Crippen LogP contribution in [-0.2, 0) is 4.79 Å². The maximum Gasteiger partial charge on any atom is 0.234 e. The molecule has 1 heterocycles. The van der Waals surface area contributed by atoms with Crippen LogP contribution in [0.25, 0.3) is 0 Å². The summed E-state index contributed by atoms with van der Waals surface area (Å²) in [7, 11) is 0. The summed E-state index contributed by atoms with van der Waals surface area (Å²) in [6, 6.07) is 0. The van der Waals surface area contributed by atoms with E-state index in [2.05, 4.69) is 10.2 Å². The van der Waals surface area contributed by atoms with Gasteiger partial charge in [-0.2, -0.15) is 0 Å². The molecular weight excluding hydrogens is 166 g/mol. The number of nitrogens with one attached hydrogen (secondary N) is 1. The lowest BCUT2D eigenvalue weighted by Crippen LogP contribution is -2.48. The van der Waals surface area contributed by atoms with Gasteiger partial charge >= 0.3 is 0 Å². The predicted octanol–water partition coefficient (Wildman–Crippen LogP) is -1.20. The van der Waals surface area contributed by atoms with E-state index in [9.17, 15) is 4.79 Å². The lowest BCUT2D eigenvalue weighted by Gasteiger charge is -2.25. The molecule has 0 aromatic heterocycles. The molecule has 5 heteroatoms. The van der Waals surface area contributed by atoms with E-state index >= 15 is 0 Å². The Morgan fingerprint density at radius 1 is 1.64 bits per heavy atom. The van der Waals surface area contributed by atoms with E-state index in [1.165, 1.54) is 0 Å². The summed E-state index contributed by atoms with van der Waals surface area (Å²) in [4.78, 5) is 12.8. The van der Waals surface area contributed by atoms with Crippen molar-refractivity contribution in [3.05, 3.63) is 0 Å². The molecule has 1 fully saturated rings. The van der Waals surface area contributed by atoms with Crippen molar-refractivity contribution in [3.63, 3.8) is 0 Å². The van der Waals surface area contributed by atoms with Gasteiger partial charge in [0.15, 0.2) is 0 Å². The van der Waals surface area contributed by atoms with Crippen molar-refractivity contribution in [3.8, 4) is 0 Å². The molecule has 0 aliphatic carbocycles. The number of rotatable bonds is 2. The van der Waals surface area contributed by atoms with E-state index in [1.54, 1.807) is 0 Å². The zero-order valence-corrected chi connectivity index (χ0v) is 7.19. The van der Waals surface area contributed by atoms with Gasteiger partial charge in [-0.15, -0.1) is 12.4 Å². The smallest absolute Gasteiger partial charge is 0.234 e. The molecule has 66 valence electrons. The van der Waals surface area contributed by atoms with Crippen molar-refractivity contribution in [2.45, 2.75) is 0 Å². The summed E-state index contributed by atoms with van der Waals surface area (Å²) in [6.45, 7) is 3.67. The van der Waals surface area contributed by atoms with Gasteiger partial charge in [0.05, 0.1) is 6.54 Å². The minimum Gasteiger partial charge on any atom is -0.354 e. The highest BCUT2D eigenvalue weighted by Crippen LogP contribution is 1.90. The summed E-state index contributed by atoms with van der Waals surface area (Å²) in [5.74, 6) is 0.111. The number of nitrogens with zero attached hydrogens (tertiary/aromatic N) is 1. The monoisotopic (exact) mass is 179 g/mol. The first-order valence-electron chi connectivity index (χ1n) is 3.52. The average Bonchev–Trinajstić information content (AvgIpc) is 1.88. The molecule has 1 aliphatic heterocycles. The van der Waals surface area contributed by atoms with Gasteiger partial charge < -0.3 is 11.1 Å². The molecule has 1 saturated heterocycles. The van der Waals surface area contributed by atoms with E-state index in [0.717, 1.165) is 19.6 Å². The van der Waals surface area contributed by atoms with Gasteiger partial charge in [0.1, 0.15) is 0 Å². The number of hydrogen-bond acceptors (Lipinski definition) is 3. The van der Waals surface area contributed by atoms with Crippen LogP contribution in [0.15, 0.2) is 0 Å². The molecule has 0 aromatic carbocycles. The number of piperazine rings is 1. The molecular formula is C6H14ClN3O. The van der Waals surface area contributed by atoms with Crippen molar-refractivity contribution in [2.75, 3.05) is 32.7 Å². The second-order valence-corrected chi connectivity index (χ2v) is 2.41. The van der Waals surface area contributed by atoms with Crippen molar-refractivity contribution in [1.82, 2.24) is 10.2 Å². The number of halogens is 1. The molecule has 1 aliphatic rings. The first-order valence-corrected chi connectivity index (χ1v) is 3.52. The SMILES string of the molecule is Cl.NCCN1CCNC(=O)C1. The number of carbonyl (C=O) groups is 1. The van der Waals surface area contributed by atoms with Crippen LogP contribution in [0.5, 0.6) is 0 Å². The van der Waals surface area contributed by atoms with Crippen LogP contribution in [0.3, 0.4) is 0 Å². The first kappa shape index (κ1) is 10.7. The van der Waals surface area contributed by atoms with Crippen molar-refractivity contribution >= 4 is 18.3 Å². The molecule has 0 bridgehead atoms. The zero-order chi connectivity index (χ0) is 7.40. The fraction of sp³-hybridized carbons (Fsp3) is 0.833. The van der Waals surface area contributed by atoms with Crippen LogP contribution in [-0.4, -0.2) is 43.5 Å². The van der Waals surface area contributed by atoms with Crippen molar-refractivity contribution < 1.29 is 4.79 Å². The summed E-state index contributed by atoms with van der Waals surface area (Å²) in [6.07, 6.45) is 0. The fourth-order valence-corrected chi connectivity index (χ4v) is 1.06. The van der Waals surface area contributed by atoms with Crippen LogP contribution in [0.4, 0.5) is 0 Å². The number of carbonyl (C=O) groups excluding carboxylic acids is 1. The quantitative estimate of drug-likeness (QED) is 0.560. The summed E-state index contributed by atoms with van der Waals surface area (Å²) in [5, 5.41) is 2.75. The Kier molecular flexibility index (Phi) is 5.19. The zero-order valence-electron chi connectivity index (χ0n) is 6.38. The molecule has 0 saturated carbocycles. The molecule has 0 spiro atoms. The second-order valence-electron chi connectivity index (χ2n) is 2.41. The van der Waals surface area contributed by atoms with Crippen molar-refractivity contribution in [1.29, 1.82) is 0 Å². The van der Waals surface area contributed by atoms with E-state index in [4.69, 9.17) is 5.73 Å². The lowest BCUT2D eigenvalue weighted by molar-refractivity contribution is -0.124. The molecule has 0 unspecified atom stereocenters. The maximum absolute atomic E-state index is 10.8. The Labute approximate surface area is 72.5 Å². The molecule has 0 aromatic rings. The van der Waals surface area contributed by atoms with Crippen LogP contribution < -0.4 is 11.1 Å². The summed E-state index contributed by atoms with van der Waals surface area (Å²) in [5.41, 5.74) is 5.33. The number of amides is 1. The second kappa shape index (κ2) is 5.35. The average molecular weight is 180 g/mol. The van der Waals surface area contributed by atoms with Gasteiger partial charge in [-0.05, 0) is 0 Å². The van der Waals surface area contributed by atoms with Gasteiger partial charge in [-0.3, -0.25) is 9.69 Å². The molecule has 4 nitrogen and oxygen atoms in total. The topological polar surface area (TPSA) is 58.4 Å². The van der Waals surface area contributed by atoms with E-state index in [0.29, 0.717) is 13.1 Å². The standard InChI is InChI=1S/C6H13N3O.ClH/c7-1-3-9-4-2-8-6(10)5-9;/h1-5,7H2,(H,8,10);1H. The molecule has 3 N–H and O–H groups in total. The van der Waals surface area contributed by atoms with Gasteiger partial charge in [0, 0.05) is 26.2 Å². The molecule has 0 atom stereocenters. The normalized spacial score (nSPS) is 18.8. The first-order chi connectivity index (χ1) is 4.83. The Hall–Kier alpha value is -0.320. The van der Waals surface area contributed by atoms with Crippen LogP contribution in [0, 0.1) is 0 Å². The third-order valence-corrected chi connectivity index (χ3v) is 1.56. The number of nitrogens with two attached hydrogens (primary N) is 1. The van der Waals surface area contributed by atoms with Gasteiger partial charge in [0.2, 0.25) is 5.91 Å². The minimum absolute atomic E-state index is 0. The maximum atomic E-state index is 10.8. The van der Waals surface area contributed by atoms with E-state index in [1.807, 2.05) is 0 Å². The lowest BCUT2D eigenvalue weighted by atomic mass is 10.3. The van der Waals surface area contributed by atoms with E-state index in [-0.39, 0.29) is 18.3 Å². The van der Waals surface area contributed by atoms with Crippen molar-refractivity contribution in [2.24, 2.45) is 5.73 Å². The molecule has 1 rings (SSSR count). The molecule has 0 radical (unpaired) electrons. The van der Waals surface area contributed by atoms with Crippen LogP contribution >= 0.6 is 12.4 Å². The summed E-state index contributed by atoms with van der Waals surface area (Å²) < 4.78 is 0. The van der Waals surface area contributed by atoms with Gasteiger partial charge in [-0.25, -0.2) is 0 Å². The molecule has 11 heavy (non-hydrogen) atoms. The largest absolute Gasteiger partial charge is 0.354 e. The third-order valence-electron chi connectivity index (χ3n) is 1.56. The Morgan fingerprint density at radius 2 is 2.36 bits per heavy atom. The van der Waals surface area contributed by atoms with Gasteiger partial charge in [-0.1, -0.05) is 0 Å². The minimum atomic E-state index is 0. The highest BCUT2D eigenvalue weighted by molar-refractivity contribution is 5.85. The summed E-state index contributed by atoms with van der Waals surface area (Å²) >= 11 is 0. The van der Waals surface area contributed by atoms with Crippen LogP contribution in [0.1, 0.15) is 0 Å². The third kappa shape index (κ3) is 3.55.